The summed E-state index contributed by atoms with van der Waals surface area (Å²) in [6.45, 7) is 2.61. The van der Waals surface area contributed by atoms with Gasteiger partial charge in [0.1, 0.15) is 11.6 Å². The van der Waals surface area contributed by atoms with E-state index in [1.165, 1.54) is 18.2 Å². The Kier molecular flexibility index (Phi) is 5.35. The van der Waals surface area contributed by atoms with Gasteiger partial charge in [-0.2, -0.15) is 0 Å². The molecule has 1 atom stereocenters. The maximum Gasteiger partial charge on any atom is 0.129 e. The van der Waals surface area contributed by atoms with Crippen LogP contribution in [-0.4, -0.2) is 6.54 Å². The molecule has 0 aliphatic carbocycles. The van der Waals surface area contributed by atoms with Gasteiger partial charge in [-0.25, -0.2) is 8.78 Å². The van der Waals surface area contributed by atoms with E-state index in [0.717, 1.165) is 9.13 Å². The molecule has 20 heavy (non-hydrogen) atoms. The van der Waals surface area contributed by atoms with Crippen LogP contribution in [0.3, 0.4) is 0 Å². The number of hydrogen-bond donors (Lipinski definition) is 1. The first-order chi connectivity index (χ1) is 9.52. The number of hydrogen-bond acceptors (Lipinski definition) is 1. The highest BCUT2D eigenvalue weighted by atomic mass is 127. The monoisotopic (exact) mass is 407 g/mol. The molecule has 0 aromatic heterocycles. The fraction of sp³-hybridized carbons (Fsp3) is 0.200. The predicted molar refractivity (Wildman–Crippen MR) is 86.0 cm³/mol. The molecule has 2 aromatic carbocycles. The van der Waals surface area contributed by atoms with Crippen LogP contribution in [0.1, 0.15) is 24.1 Å². The Morgan fingerprint density at radius 3 is 2.45 bits per heavy atom. The van der Waals surface area contributed by atoms with E-state index in [4.69, 9.17) is 11.6 Å². The molecule has 2 rings (SSSR count). The van der Waals surface area contributed by atoms with E-state index in [0.29, 0.717) is 17.1 Å². The number of halogens is 4. The second-order valence-corrected chi connectivity index (χ2v) is 5.92. The van der Waals surface area contributed by atoms with Crippen LogP contribution in [0.15, 0.2) is 36.4 Å². The summed E-state index contributed by atoms with van der Waals surface area (Å²) in [6.07, 6.45) is 0. The van der Waals surface area contributed by atoms with Gasteiger partial charge in [0.15, 0.2) is 0 Å². The van der Waals surface area contributed by atoms with Crippen molar-refractivity contribution in [3.05, 3.63) is 67.8 Å². The summed E-state index contributed by atoms with van der Waals surface area (Å²) in [5, 5.41) is 3.58. The molecule has 0 spiro atoms. The Labute approximate surface area is 135 Å². The van der Waals surface area contributed by atoms with Crippen LogP contribution in [0.4, 0.5) is 8.78 Å². The van der Waals surface area contributed by atoms with E-state index in [1.807, 2.05) is 6.92 Å². The zero-order valence-electron chi connectivity index (χ0n) is 10.8. The van der Waals surface area contributed by atoms with Crippen molar-refractivity contribution in [1.82, 2.24) is 5.32 Å². The van der Waals surface area contributed by atoms with Crippen molar-refractivity contribution in [2.24, 2.45) is 0 Å². The van der Waals surface area contributed by atoms with Crippen LogP contribution in [0, 0.1) is 15.2 Å². The molecule has 0 bridgehead atoms. The van der Waals surface area contributed by atoms with Gasteiger partial charge in [-0.3, -0.25) is 0 Å². The number of rotatable bonds is 4. The van der Waals surface area contributed by atoms with Gasteiger partial charge < -0.3 is 5.32 Å². The normalized spacial score (nSPS) is 12.4. The van der Waals surface area contributed by atoms with Gasteiger partial charge in [-0.15, -0.1) is 0 Å². The Hall–Kier alpha value is -0.720. The third kappa shape index (κ3) is 3.48. The molecule has 0 saturated heterocycles. The molecule has 0 radical (unpaired) electrons. The maximum atomic E-state index is 14.1. The predicted octanol–water partition coefficient (Wildman–Crippen LogP) is 4.92. The van der Waals surface area contributed by atoms with Crippen molar-refractivity contribution >= 4 is 34.2 Å². The van der Waals surface area contributed by atoms with E-state index in [2.05, 4.69) is 27.9 Å². The van der Waals surface area contributed by atoms with E-state index in [9.17, 15) is 8.78 Å². The quantitative estimate of drug-likeness (QED) is 0.709. The standard InChI is InChI=1S/C15H13ClF2IN/c1-2-20-15(11-5-3-9(16)7-13(11)18)12-6-4-10(17)8-14(12)19/h3-8,15,20H,2H2,1H3. The van der Waals surface area contributed by atoms with Gasteiger partial charge in [-0.05, 0) is 59.0 Å². The molecule has 0 amide bonds. The molecule has 5 heteroatoms. The maximum absolute atomic E-state index is 14.1. The largest absolute Gasteiger partial charge is 0.306 e. The minimum Gasteiger partial charge on any atom is -0.306 e. The zero-order valence-corrected chi connectivity index (χ0v) is 13.7. The van der Waals surface area contributed by atoms with Crippen LogP contribution >= 0.6 is 34.2 Å². The van der Waals surface area contributed by atoms with E-state index in [-0.39, 0.29) is 17.7 Å². The van der Waals surface area contributed by atoms with Crippen molar-refractivity contribution in [2.45, 2.75) is 13.0 Å². The summed E-state index contributed by atoms with van der Waals surface area (Å²) >= 11 is 7.84. The van der Waals surface area contributed by atoms with Crippen molar-refractivity contribution in [3.8, 4) is 0 Å². The van der Waals surface area contributed by atoms with Crippen LogP contribution in [0.5, 0.6) is 0 Å². The summed E-state index contributed by atoms with van der Waals surface area (Å²) in [7, 11) is 0. The molecule has 2 aromatic rings. The average molecular weight is 408 g/mol. The molecule has 0 saturated carbocycles. The molecule has 1 unspecified atom stereocenters. The second-order valence-electron chi connectivity index (χ2n) is 4.32. The first kappa shape index (κ1) is 15.7. The molecule has 0 fully saturated rings. The first-order valence-corrected chi connectivity index (χ1v) is 7.62. The fourth-order valence-electron chi connectivity index (χ4n) is 2.06. The third-order valence-corrected chi connectivity index (χ3v) is 4.12. The lowest BCUT2D eigenvalue weighted by molar-refractivity contribution is 0.556. The smallest absolute Gasteiger partial charge is 0.129 e. The summed E-state index contributed by atoms with van der Waals surface area (Å²) in [6, 6.07) is 8.77. The van der Waals surface area contributed by atoms with Crippen molar-refractivity contribution in [2.75, 3.05) is 6.54 Å². The Balaban J connectivity index is 2.50. The van der Waals surface area contributed by atoms with Gasteiger partial charge in [0.05, 0.1) is 6.04 Å². The van der Waals surface area contributed by atoms with Crippen molar-refractivity contribution < 1.29 is 8.78 Å². The Morgan fingerprint density at radius 1 is 1.15 bits per heavy atom. The average Bonchev–Trinajstić information content (AvgIpc) is 2.37. The highest BCUT2D eigenvalue weighted by Gasteiger charge is 2.19. The molecule has 0 aliphatic rings. The number of benzene rings is 2. The number of nitrogens with one attached hydrogen (secondary N) is 1. The lowest BCUT2D eigenvalue weighted by Crippen LogP contribution is -2.24. The van der Waals surface area contributed by atoms with Gasteiger partial charge >= 0.3 is 0 Å². The molecule has 0 heterocycles. The highest BCUT2D eigenvalue weighted by Crippen LogP contribution is 2.29. The lowest BCUT2D eigenvalue weighted by Gasteiger charge is -2.21. The SMILES string of the molecule is CCNC(c1ccc(Cl)cc1F)c1ccc(F)cc1I. The zero-order chi connectivity index (χ0) is 14.7. The lowest BCUT2D eigenvalue weighted by atomic mass is 9.98. The van der Waals surface area contributed by atoms with Crippen LogP contribution in [0.2, 0.25) is 5.02 Å². The first-order valence-electron chi connectivity index (χ1n) is 6.16. The molecule has 0 aliphatic heterocycles. The minimum absolute atomic E-state index is 0.301. The Bertz CT molecular complexity index is 567. The fourth-order valence-corrected chi connectivity index (χ4v) is 3.01. The van der Waals surface area contributed by atoms with E-state index < -0.39 is 0 Å². The van der Waals surface area contributed by atoms with Gasteiger partial charge in [0.2, 0.25) is 0 Å². The molecule has 106 valence electrons. The summed E-state index contributed by atoms with van der Waals surface area (Å²) in [4.78, 5) is 0. The summed E-state index contributed by atoms with van der Waals surface area (Å²) < 4.78 is 28.1. The molecular weight excluding hydrogens is 395 g/mol. The molecular formula is C15H13ClF2IN. The van der Waals surface area contributed by atoms with Crippen molar-refractivity contribution in [3.63, 3.8) is 0 Å². The van der Waals surface area contributed by atoms with Gasteiger partial charge in [-0.1, -0.05) is 30.7 Å². The molecule has 1 N–H and O–H groups in total. The minimum atomic E-state index is -0.372. The highest BCUT2D eigenvalue weighted by molar-refractivity contribution is 14.1. The summed E-state index contributed by atoms with van der Waals surface area (Å²) in [5.41, 5.74) is 1.34. The van der Waals surface area contributed by atoms with Crippen molar-refractivity contribution in [1.29, 1.82) is 0 Å². The topological polar surface area (TPSA) is 12.0 Å². The van der Waals surface area contributed by atoms with Crippen LogP contribution < -0.4 is 5.32 Å². The third-order valence-electron chi connectivity index (χ3n) is 2.96. The second kappa shape index (κ2) is 6.83. The van der Waals surface area contributed by atoms with Gasteiger partial charge in [0.25, 0.3) is 0 Å². The van der Waals surface area contributed by atoms with Gasteiger partial charge in [0, 0.05) is 14.2 Å². The van der Waals surface area contributed by atoms with E-state index >= 15 is 0 Å². The summed E-state index contributed by atoms with van der Waals surface area (Å²) in [5.74, 6) is -0.673. The van der Waals surface area contributed by atoms with E-state index in [1.54, 1.807) is 18.2 Å². The molecule has 1 nitrogen and oxygen atoms in total. The van der Waals surface area contributed by atoms with Crippen LogP contribution in [0.25, 0.3) is 0 Å². The van der Waals surface area contributed by atoms with Crippen LogP contribution in [-0.2, 0) is 0 Å². The Morgan fingerprint density at radius 2 is 1.85 bits per heavy atom.